The number of carbonyl (C=O) groups is 2. The monoisotopic (exact) mass is 520 g/mol. The summed E-state index contributed by atoms with van der Waals surface area (Å²) in [5, 5.41) is 2.92. The van der Waals surface area contributed by atoms with Crippen molar-refractivity contribution in [3.8, 4) is 0 Å². The Morgan fingerprint density at radius 2 is 1.62 bits per heavy atom. The van der Waals surface area contributed by atoms with Gasteiger partial charge in [-0.15, -0.1) is 0 Å². The van der Waals surface area contributed by atoms with Gasteiger partial charge in [-0.05, 0) is 61.4 Å². The second-order valence-corrected chi connectivity index (χ2v) is 12.1. The maximum Gasteiger partial charge on any atom is 0.293 e. The summed E-state index contributed by atoms with van der Waals surface area (Å²) in [4.78, 5) is 32.6. The molecule has 0 atom stereocenters. The van der Waals surface area contributed by atoms with Crippen molar-refractivity contribution >= 4 is 34.8 Å². The lowest BCUT2D eigenvalue weighted by molar-refractivity contribution is -0.135. The molecule has 0 unspecified atom stereocenters. The molecule has 5 rings (SSSR count). The average Bonchev–Trinajstić information content (AvgIpc) is 2.95. The molecule has 0 bridgehead atoms. The minimum absolute atomic E-state index is 0.0223. The molecule has 37 heavy (non-hydrogen) atoms. The summed E-state index contributed by atoms with van der Waals surface area (Å²) < 4.78 is 0. The zero-order valence-corrected chi connectivity index (χ0v) is 22.8. The number of nitrogens with zero attached hydrogens (tertiary/aromatic N) is 3. The number of benzene rings is 2. The van der Waals surface area contributed by atoms with Crippen molar-refractivity contribution < 1.29 is 9.59 Å². The average molecular weight is 521 g/mol. The highest BCUT2D eigenvalue weighted by Crippen LogP contribution is 2.45. The minimum atomic E-state index is -0.502. The van der Waals surface area contributed by atoms with E-state index in [1.807, 2.05) is 23.9 Å². The quantitative estimate of drug-likeness (QED) is 0.544. The first kappa shape index (κ1) is 26.3. The zero-order chi connectivity index (χ0) is 25.7. The van der Waals surface area contributed by atoms with Crippen LogP contribution in [0.3, 0.4) is 0 Å². The zero-order valence-electron chi connectivity index (χ0n) is 22.0. The van der Waals surface area contributed by atoms with E-state index in [9.17, 15) is 9.59 Å². The maximum absolute atomic E-state index is 12.8. The van der Waals surface area contributed by atoms with Gasteiger partial charge in [-0.1, -0.05) is 37.3 Å². The Hall–Kier alpha value is -2.35. The fourth-order valence-electron chi connectivity index (χ4n) is 6.18. The molecule has 0 radical (unpaired) electrons. The van der Waals surface area contributed by atoms with Crippen molar-refractivity contribution in [2.45, 2.75) is 38.1 Å². The van der Waals surface area contributed by atoms with E-state index in [1.165, 1.54) is 24.1 Å². The molecule has 0 spiro atoms. The molecule has 3 fully saturated rings. The smallest absolute Gasteiger partial charge is 0.293 e. The highest BCUT2D eigenvalue weighted by Gasteiger charge is 2.42. The highest BCUT2D eigenvalue weighted by molar-refractivity contribution is 7.99. The molecule has 2 aromatic rings. The molecular weight excluding hydrogens is 480 g/mol. The van der Waals surface area contributed by atoms with E-state index >= 15 is 0 Å². The van der Waals surface area contributed by atoms with Crippen LogP contribution in [0.5, 0.6) is 0 Å². The van der Waals surface area contributed by atoms with Gasteiger partial charge in [0.25, 0.3) is 5.91 Å². The lowest BCUT2D eigenvalue weighted by Gasteiger charge is -2.51. The summed E-state index contributed by atoms with van der Waals surface area (Å²) in [6.45, 7) is 8.39. The van der Waals surface area contributed by atoms with Crippen molar-refractivity contribution in [2.75, 3.05) is 67.5 Å². The van der Waals surface area contributed by atoms with Gasteiger partial charge in [-0.3, -0.25) is 19.4 Å². The number of para-hydroxylation sites is 1. The highest BCUT2D eigenvalue weighted by atomic mass is 32.2. The van der Waals surface area contributed by atoms with Crippen molar-refractivity contribution in [1.82, 2.24) is 9.80 Å². The number of nitrogens with one attached hydrogen (secondary N) is 1. The Morgan fingerprint density at radius 3 is 2.32 bits per heavy atom. The van der Waals surface area contributed by atoms with Crippen LogP contribution in [0.25, 0.3) is 0 Å². The fourth-order valence-corrected chi connectivity index (χ4v) is 7.16. The largest absolute Gasteiger partial charge is 0.369 e. The van der Waals surface area contributed by atoms with Crippen molar-refractivity contribution in [2.24, 2.45) is 5.92 Å². The lowest BCUT2D eigenvalue weighted by atomic mass is 9.71. The van der Waals surface area contributed by atoms with Crippen LogP contribution in [0.1, 0.15) is 38.2 Å². The van der Waals surface area contributed by atoms with Gasteiger partial charge in [0.15, 0.2) is 0 Å². The molecule has 2 aromatic carbocycles. The van der Waals surface area contributed by atoms with E-state index in [0.717, 1.165) is 75.2 Å². The molecule has 198 valence electrons. The van der Waals surface area contributed by atoms with Gasteiger partial charge in [-0.2, -0.15) is 11.8 Å². The van der Waals surface area contributed by atoms with Gasteiger partial charge >= 0.3 is 0 Å². The third-order valence-corrected chi connectivity index (χ3v) is 9.43. The summed E-state index contributed by atoms with van der Waals surface area (Å²) in [5.41, 5.74) is 3.27. The summed E-state index contributed by atoms with van der Waals surface area (Å²) in [6, 6.07) is 19.0. The second-order valence-electron chi connectivity index (χ2n) is 10.9. The Bertz CT molecular complexity index is 1060. The summed E-state index contributed by atoms with van der Waals surface area (Å²) >= 11 is 1.90. The topological polar surface area (TPSA) is 55.9 Å². The van der Waals surface area contributed by atoms with Crippen LogP contribution in [0.15, 0.2) is 54.6 Å². The first-order valence-corrected chi connectivity index (χ1v) is 15.0. The van der Waals surface area contributed by atoms with Crippen LogP contribution in [0.4, 0.5) is 11.4 Å². The number of piperazine rings is 1. The molecule has 1 saturated carbocycles. The van der Waals surface area contributed by atoms with E-state index in [-0.39, 0.29) is 17.9 Å². The number of anilines is 2. The molecule has 2 saturated heterocycles. The summed E-state index contributed by atoms with van der Waals surface area (Å²) in [7, 11) is 0. The number of amides is 1. The molecule has 2 heterocycles. The molecule has 2 aliphatic heterocycles. The normalized spacial score (nSPS) is 25.5. The molecule has 6 nitrogen and oxygen atoms in total. The van der Waals surface area contributed by atoms with Crippen LogP contribution < -0.4 is 10.2 Å². The predicted molar refractivity (Wildman–Crippen MR) is 153 cm³/mol. The van der Waals surface area contributed by atoms with Gasteiger partial charge in [0.1, 0.15) is 0 Å². The number of hydrogen-bond acceptors (Lipinski definition) is 6. The Morgan fingerprint density at radius 1 is 0.919 bits per heavy atom. The summed E-state index contributed by atoms with van der Waals surface area (Å²) in [5.74, 6) is 1.94. The van der Waals surface area contributed by atoms with E-state index in [2.05, 4.69) is 69.4 Å². The lowest BCUT2D eigenvalue weighted by Crippen LogP contribution is -2.56. The van der Waals surface area contributed by atoms with Gasteiger partial charge < -0.3 is 10.2 Å². The molecule has 1 aliphatic carbocycles. The fraction of sp³-hybridized carbons (Fsp3) is 0.533. The molecule has 0 aromatic heterocycles. The van der Waals surface area contributed by atoms with Gasteiger partial charge in [-0.25, -0.2) is 0 Å². The second kappa shape index (κ2) is 12.0. The van der Waals surface area contributed by atoms with E-state index in [4.69, 9.17) is 0 Å². The number of Topliss-reactive ketones (excluding diaryl/α,β-unsaturated/α-hetero) is 1. The number of ketones is 1. The molecule has 3 aliphatic rings. The molecule has 1 N–H and O–H groups in total. The Kier molecular flexibility index (Phi) is 8.53. The number of hydrogen-bond donors (Lipinski definition) is 1. The summed E-state index contributed by atoms with van der Waals surface area (Å²) in [6.07, 6.45) is 4.68. The third kappa shape index (κ3) is 6.21. The number of rotatable bonds is 7. The Labute approximate surface area is 225 Å². The van der Waals surface area contributed by atoms with Gasteiger partial charge in [0.05, 0.1) is 6.54 Å². The minimum Gasteiger partial charge on any atom is -0.369 e. The number of thioether (sulfide) groups is 1. The first-order chi connectivity index (χ1) is 18.0. The third-order valence-electron chi connectivity index (χ3n) is 8.49. The van der Waals surface area contributed by atoms with E-state index < -0.39 is 5.91 Å². The maximum atomic E-state index is 12.8. The SMILES string of the molecule is C[C@H]1CC[C@](c2cccc(NC(=O)C(=O)CN3CCSCC3)c2)(N2CCN(c3ccccc3)CC2)CC1. The van der Waals surface area contributed by atoms with Crippen LogP contribution in [0.2, 0.25) is 0 Å². The van der Waals surface area contributed by atoms with Crippen LogP contribution in [-0.4, -0.2) is 78.8 Å². The Balaban J connectivity index is 1.29. The molecule has 1 amide bonds. The van der Waals surface area contributed by atoms with Crippen molar-refractivity contribution in [3.63, 3.8) is 0 Å². The standard InChI is InChI=1S/C30H40N4O2S/c1-24-10-12-30(13-11-24,34-16-14-33(15-17-34)27-8-3-2-4-9-27)25-6-5-7-26(22-25)31-29(36)28(35)23-32-18-20-37-21-19-32/h2-9,22,24H,10-21,23H2,1H3,(H,31,36)/t24-,30-. The van der Waals surface area contributed by atoms with Gasteiger partial charge in [0, 0.05) is 67.7 Å². The van der Waals surface area contributed by atoms with E-state index in [0.29, 0.717) is 0 Å². The predicted octanol–water partition coefficient (Wildman–Crippen LogP) is 4.47. The molecular formula is C30H40N4O2S. The van der Waals surface area contributed by atoms with Crippen molar-refractivity contribution in [1.29, 1.82) is 0 Å². The van der Waals surface area contributed by atoms with Crippen LogP contribution >= 0.6 is 11.8 Å². The molecule has 7 heteroatoms. The van der Waals surface area contributed by atoms with E-state index in [1.54, 1.807) is 0 Å². The first-order valence-electron chi connectivity index (χ1n) is 13.8. The number of carbonyl (C=O) groups excluding carboxylic acids is 2. The van der Waals surface area contributed by atoms with Crippen molar-refractivity contribution in [3.05, 3.63) is 60.2 Å². The van der Waals surface area contributed by atoms with Crippen LogP contribution in [0, 0.1) is 5.92 Å². The van der Waals surface area contributed by atoms with Crippen LogP contribution in [-0.2, 0) is 15.1 Å². The van der Waals surface area contributed by atoms with Gasteiger partial charge in [0.2, 0.25) is 5.78 Å².